The highest BCUT2D eigenvalue weighted by Crippen LogP contribution is 2.38. The summed E-state index contributed by atoms with van der Waals surface area (Å²) in [7, 11) is 3.31. The summed E-state index contributed by atoms with van der Waals surface area (Å²) in [6.45, 7) is 2.25. The molecule has 0 aromatic heterocycles. The molecule has 0 unspecified atom stereocenters. The molecule has 142 valence electrons. The second kappa shape index (κ2) is 10.2. The zero-order valence-electron chi connectivity index (χ0n) is 14.7. The number of carbonyl (C=O) groups excluding carboxylic acids is 1. The first-order chi connectivity index (χ1) is 12.5. The van der Waals surface area contributed by atoms with E-state index in [2.05, 4.69) is 10.7 Å². The van der Waals surface area contributed by atoms with E-state index in [1.165, 1.54) is 11.1 Å². The maximum Gasteiger partial charge on any atom is 0.262 e. The van der Waals surface area contributed by atoms with Crippen molar-refractivity contribution >= 4 is 40.9 Å². The summed E-state index contributed by atoms with van der Waals surface area (Å²) in [6, 6.07) is 3.49. The predicted octanol–water partition coefficient (Wildman–Crippen LogP) is 2.00. The van der Waals surface area contributed by atoms with Crippen molar-refractivity contribution in [1.82, 2.24) is 15.8 Å². The first kappa shape index (κ1) is 20.3. The fourth-order valence-electron chi connectivity index (χ4n) is 2.18. The minimum Gasteiger partial charge on any atom is -0.486 e. The molecule has 0 spiro atoms. The number of hydrazine groups is 1. The largest absolute Gasteiger partial charge is 0.486 e. The lowest BCUT2D eigenvalue weighted by Gasteiger charge is -2.21. The van der Waals surface area contributed by atoms with Gasteiger partial charge in [0.2, 0.25) is 0 Å². The van der Waals surface area contributed by atoms with Crippen LogP contribution in [0.25, 0.3) is 6.08 Å². The number of hydrogen-bond acceptors (Lipinski definition) is 5. The van der Waals surface area contributed by atoms with Gasteiger partial charge in [-0.1, -0.05) is 11.6 Å². The van der Waals surface area contributed by atoms with Crippen molar-refractivity contribution in [3.05, 3.63) is 28.8 Å². The fourth-order valence-corrected chi connectivity index (χ4v) is 2.60. The van der Waals surface area contributed by atoms with Crippen LogP contribution in [0.4, 0.5) is 0 Å². The Labute approximate surface area is 163 Å². The van der Waals surface area contributed by atoms with Crippen LogP contribution >= 0.6 is 23.8 Å². The van der Waals surface area contributed by atoms with Crippen LogP contribution in [-0.4, -0.2) is 56.6 Å². The van der Waals surface area contributed by atoms with Gasteiger partial charge < -0.3 is 19.5 Å². The molecular formula is C17H22ClN3O4S. The van der Waals surface area contributed by atoms with E-state index in [1.807, 2.05) is 0 Å². The van der Waals surface area contributed by atoms with Crippen LogP contribution in [0.3, 0.4) is 0 Å². The lowest BCUT2D eigenvalue weighted by Crippen LogP contribution is -2.47. The Kier molecular flexibility index (Phi) is 7.96. The van der Waals surface area contributed by atoms with E-state index < -0.39 is 0 Å². The van der Waals surface area contributed by atoms with Crippen molar-refractivity contribution in [2.24, 2.45) is 0 Å². The van der Waals surface area contributed by atoms with E-state index in [-0.39, 0.29) is 5.91 Å². The third kappa shape index (κ3) is 6.05. The second-order valence-electron chi connectivity index (χ2n) is 5.47. The zero-order chi connectivity index (χ0) is 18.9. The molecule has 26 heavy (non-hydrogen) atoms. The molecule has 0 atom stereocenters. The number of methoxy groups -OCH3 is 1. The number of amides is 1. The summed E-state index contributed by atoms with van der Waals surface area (Å²) >= 11 is 11.4. The molecule has 7 nitrogen and oxygen atoms in total. The highest BCUT2D eigenvalue weighted by atomic mass is 35.5. The van der Waals surface area contributed by atoms with Crippen molar-refractivity contribution in [2.75, 3.05) is 40.5 Å². The number of benzene rings is 1. The standard InChI is InChI=1S/C17H22ClN3O4S/c1-21(17(26)19-6-3-7-23-2)20-15(22)5-4-12-10-13(18)16-14(11-12)24-8-9-25-16/h4-5,10-11H,3,6-9H2,1-2H3,(H,19,26)(H,20,22)/b5-4+. The van der Waals surface area contributed by atoms with Crippen LogP contribution in [0.15, 0.2) is 18.2 Å². The second-order valence-corrected chi connectivity index (χ2v) is 6.27. The van der Waals surface area contributed by atoms with E-state index in [1.54, 1.807) is 32.4 Å². The minimum atomic E-state index is -0.320. The Balaban J connectivity index is 1.87. The molecule has 0 saturated carbocycles. The molecule has 1 aliphatic heterocycles. The van der Waals surface area contributed by atoms with E-state index in [0.717, 1.165) is 12.0 Å². The molecule has 0 fully saturated rings. The fraction of sp³-hybridized carbons (Fsp3) is 0.412. The van der Waals surface area contributed by atoms with E-state index in [9.17, 15) is 4.79 Å². The first-order valence-electron chi connectivity index (χ1n) is 8.09. The quantitative estimate of drug-likeness (QED) is 0.328. The minimum absolute atomic E-state index is 0.320. The van der Waals surface area contributed by atoms with Gasteiger partial charge in [0.1, 0.15) is 13.2 Å². The van der Waals surface area contributed by atoms with Crippen LogP contribution < -0.4 is 20.2 Å². The summed E-state index contributed by atoms with van der Waals surface area (Å²) in [6.07, 6.45) is 3.86. The Bertz CT molecular complexity index is 684. The molecule has 1 amide bonds. The molecule has 1 heterocycles. The molecule has 1 aromatic carbocycles. The highest BCUT2D eigenvalue weighted by Gasteiger charge is 2.16. The molecule has 1 aromatic rings. The number of fused-ring (bicyclic) bond motifs is 1. The van der Waals surface area contributed by atoms with Gasteiger partial charge in [0.05, 0.1) is 5.02 Å². The van der Waals surface area contributed by atoms with Gasteiger partial charge in [-0.3, -0.25) is 15.2 Å². The average molecular weight is 400 g/mol. The van der Waals surface area contributed by atoms with Gasteiger partial charge in [0.25, 0.3) is 5.91 Å². The zero-order valence-corrected chi connectivity index (χ0v) is 16.3. The Morgan fingerprint density at radius 2 is 2.19 bits per heavy atom. The van der Waals surface area contributed by atoms with Crippen LogP contribution in [0, 0.1) is 0 Å². The number of hydrogen-bond donors (Lipinski definition) is 2. The summed E-state index contributed by atoms with van der Waals surface area (Å²) in [4.78, 5) is 12.0. The molecule has 0 aliphatic carbocycles. The van der Waals surface area contributed by atoms with Gasteiger partial charge in [-0.25, -0.2) is 0 Å². The molecular weight excluding hydrogens is 378 g/mol. The van der Waals surface area contributed by atoms with Gasteiger partial charge in [0, 0.05) is 33.4 Å². The number of halogens is 1. The molecule has 0 saturated heterocycles. The Morgan fingerprint density at radius 1 is 1.42 bits per heavy atom. The number of ether oxygens (including phenoxy) is 3. The monoisotopic (exact) mass is 399 g/mol. The van der Waals surface area contributed by atoms with Gasteiger partial charge in [-0.05, 0) is 42.4 Å². The van der Waals surface area contributed by atoms with E-state index >= 15 is 0 Å². The lowest BCUT2D eigenvalue weighted by molar-refractivity contribution is -0.119. The lowest BCUT2D eigenvalue weighted by atomic mass is 10.1. The Morgan fingerprint density at radius 3 is 2.96 bits per heavy atom. The normalized spacial score (nSPS) is 12.7. The number of nitrogens with one attached hydrogen (secondary N) is 2. The summed E-state index contributed by atoms with van der Waals surface area (Å²) in [5, 5.41) is 5.35. The number of thiocarbonyl (C=S) groups is 1. The summed E-state index contributed by atoms with van der Waals surface area (Å²) < 4.78 is 15.9. The van der Waals surface area contributed by atoms with Crippen molar-refractivity contribution in [3.8, 4) is 11.5 Å². The van der Waals surface area contributed by atoms with Crippen molar-refractivity contribution < 1.29 is 19.0 Å². The molecule has 0 radical (unpaired) electrons. The molecule has 0 bridgehead atoms. The smallest absolute Gasteiger partial charge is 0.262 e. The van der Waals surface area contributed by atoms with Gasteiger partial charge >= 0.3 is 0 Å². The van der Waals surface area contributed by atoms with Crippen LogP contribution in [0.2, 0.25) is 5.02 Å². The van der Waals surface area contributed by atoms with Crippen LogP contribution in [0.1, 0.15) is 12.0 Å². The van der Waals surface area contributed by atoms with E-state index in [4.69, 9.17) is 38.0 Å². The SMILES string of the molecule is COCCCNC(=S)N(C)NC(=O)/C=C/c1cc(Cl)c2c(c1)OCCO2. The maximum absolute atomic E-state index is 12.0. The van der Waals surface area contributed by atoms with Crippen LogP contribution in [0.5, 0.6) is 11.5 Å². The molecule has 2 N–H and O–H groups in total. The van der Waals surface area contributed by atoms with Gasteiger partial charge in [-0.15, -0.1) is 0 Å². The highest BCUT2D eigenvalue weighted by molar-refractivity contribution is 7.80. The maximum atomic E-state index is 12.0. The van der Waals surface area contributed by atoms with E-state index in [0.29, 0.717) is 48.0 Å². The summed E-state index contributed by atoms with van der Waals surface area (Å²) in [5.41, 5.74) is 3.39. The number of rotatable bonds is 6. The number of nitrogens with zero attached hydrogens (tertiary/aromatic N) is 1. The number of carbonyl (C=O) groups is 1. The molecule has 9 heteroatoms. The third-order valence-electron chi connectivity index (χ3n) is 3.43. The predicted molar refractivity (Wildman–Crippen MR) is 104 cm³/mol. The van der Waals surface area contributed by atoms with Gasteiger partial charge in [-0.2, -0.15) is 0 Å². The van der Waals surface area contributed by atoms with Crippen molar-refractivity contribution in [1.29, 1.82) is 0 Å². The van der Waals surface area contributed by atoms with Gasteiger partial charge in [0.15, 0.2) is 16.6 Å². The third-order valence-corrected chi connectivity index (χ3v) is 4.13. The topological polar surface area (TPSA) is 72.1 Å². The average Bonchev–Trinajstić information content (AvgIpc) is 2.63. The first-order valence-corrected chi connectivity index (χ1v) is 8.88. The molecule has 1 aliphatic rings. The van der Waals surface area contributed by atoms with Crippen molar-refractivity contribution in [2.45, 2.75) is 6.42 Å². The Hall–Kier alpha value is -2.03. The molecule has 2 rings (SSSR count). The van der Waals surface area contributed by atoms with Crippen molar-refractivity contribution in [3.63, 3.8) is 0 Å². The summed E-state index contributed by atoms with van der Waals surface area (Å²) in [5.74, 6) is 0.783. The van der Waals surface area contributed by atoms with Crippen LogP contribution in [-0.2, 0) is 9.53 Å².